The van der Waals surface area contributed by atoms with Crippen molar-refractivity contribution in [2.45, 2.75) is 0 Å². The Kier molecular flexibility index (Phi) is 5.63. The molecule has 2 aromatic carbocycles. The first-order valence-electron chi connectivity index (χ1n) is 6.86. The van der Waals surface area contributed by atoms with Crippen LogP contribution >= 0.6 is 0 Å². The van der Waals surface area contributed by atoms with Gasteiger partial charge in [-0.15, -0.1) is 0 Å². The topological polar surface area (TPSA) is 38.3 Å². The van der Waals surface area contributed by atoms with Crippen LogP contribution in [0.25, 0.3) is 6.08 Å². The summed E-state index contributed by atoms with van der Waals surface area (Å²) in [6, 6.07) is 10.3. The molecule has 5 heteroatoms. The average Bonchev–Trinajstić information content (AvgIpc) is 2.55. The zero-order chi connectivity index (χ0) is 16.7. The SMILES string of the molecule is C=CCOc1ccc(/C=C/C(=O)Nc2ccc(F)c(F)c2)cc1. The molecule has 2 aromatic rings. The fourth-order valence-corrected chi connectivity index (χ4v) is 1.76. The van der Waals surface area contributed by atoms with Gasteiger partial charge in [0.05, 0.1) is 0 Å². The van der Waals surface area contributed by atoms with Crippen LogP contribution in [0.1, 0.15) is 5.56 Å². The number of nitrogens with one attached hydrogen (secondary N) is 1. The molecule has 0 bridgehead atoms. The van der Waals surface area contributed by atoms with Gasteiger partial charge in [0.1, 0.15) is 12.4 Å². The number of hydrogen-bond donors (Lipinski definition) is 1. The number of ether oxygens (including phenoxy) is 1. The molecule has 0 aliphatic heterocycles. The van der Waals surface area contributed by atoms with Gasteiger partial charge in [-0.05, 0) is 35.9 Å². The lowest BCUT2D eigenvalue weighted by Crippen LogP contribution is -2.08. The Morgan fingerprint density at radius 3 is 2.52 bits per heavy atom. The molecule has 0 spiro atoms. The van der Waals surface area contributed by atoms with E-state index in [1.54, 1.807) is 36.4 Å². The second-order valence-corrected chi connectivity index (χ2v) is 4.62. The van der Waals surface area contributed by atoms with E-state index in [1.807, 2.05) is 0 Å². The number of benzene rings is 2. The van der Waals surface area contributed by atoms with E-state index in [2.05, 4.69) is 11.9 Å². The molecule has 0 saturated carbocycles. The number of carbonyl (C=O) groups excluding carboxylic acids is 1. The molecular weight excluding hydrogens is 300 g/mol. The smallest absolute Gasteiger partial charge is 0.248 e. The third-order valence-corrected chi connectivity index (χ3v) is 2.86. The van der Waals surface area contributed by atoms with Gasteiger partial charge in [-0.3, -0.25) is 4.79 Å². The summed E-state index contributed by atoms with van der Waals surface area (Å²) in [6.45, 7) is 3.98. The zero-order valence-electron chi connectivity index (χ0n) is 12.3. The van der Waals surface area contributed by atoms with Crippen LogP contribution in [0.5, 0.6) is 5.75 Å². The van der Waals surface area contributed by atoms with E-state index in [1.165, 1.54) is 12.1 Å². The van der Waals surface area contributed by atoms with E-state index in [0.717, 1.165) is 17.7 Å². The van der Waals surface area contributed by atoms with E-state index < -0.39 is 17.5 Å². The fourth-order valence-electron chi connectivity index (χ4n) is 1.76. The van der Waals surface area contributed by atoms with Gasteiger partial charge < -0.3 is 10.1 Å². The molecule has 2 rings (SSSR count). The van der Waals surface area contributed by atoms with Crippen LogP contribution < -0.4 is 10.1 Å². The Bertz CT molecular complexity index is 724. The minimum absolute atomic E-state index is 0.187. The van der Waals surface area contributed by atoms with Crippen LogP contribution in [-0.4, -0.2) is 12.5 Å². The number of carbonyl (C=O) groups is 1. The number of amides is 1. The molecule has 0 atom stereocenters. The normalized spacial score (nSPS) is 10.5. The first-order chi connectivity index (χ1) is 11.1. The third kappa shape index (κ3) is 5.07. The predicted molar refractivity (Wildman–Crippen MR) is 86.2 cm³/mol. The number of anilines is 1. The Labute approximate surface area is 132 Å². The summed E-state index contributed by atoms with van der Waals surface area (Å²) in [5.74, 6) is -1.71. The third-order valence-electron chi connectivity index (χ3n) is 2.86. The van der Waals surface area contributed by atoms with Crippen molar-refractivity contribution in [2.24, 2.45) is 0 Å². The Balaban J connectivity index is 1.94. The second kappa shape index (κ2) is 7.89. The Hall–Kier alpha value is -2.95. The van der Waals surface area contributed by atoms with E-state index in [4.69, 9.17) is 4.74 Å². The summed E-state index contributed by atoms with van der Waals surface area (Å²) in [5.41, 5.74) is 0.989. The van der Waals surface area contributed by atoms with Crippen LogP contribution in [0.15, 0.2) is 61.2 Å². The lowest BCUT2D eigenvalue weighted by atomic mass is 10.2. The maximum Gasteiger partial charge on any atom is 0.248 e. The highest BCUT2D eigenvalue weighted by Crippen LogP contribution is 2.15. The van der Waals surface area contributed by atoms with Crippen molar-refractivity contribution in [3.05, 3.63) is 78.4 Å². The maximum atomic E-state index is 13.0. The van der Waals surface area contributed by atoms with Crippen molar-refractivity contribution in [1.29, 1.82) is 0 Å². The minimum atomic E-state index is -1.01. The fraction of sp³-hybridized carbons (Fsp3) is 0.0556. The highest BCUT2D eigenvalue weighted by Gasteiger charge is 2.04. The lowest BCUT2D eigenvalue weighted by molar-refractivity contribution is -0.111. The van der Waals surface area contributed by atoms with Crippen molar-refractivity contribution in [2.75, 3.05) is 11.9 Å². The summed E-state index contributed by atoms with van der Waals surface area (Å²) in [6.07, 6.45) is 4.56. The van der Waals surface area contributed by atoms with E-state index in [-0.39, 0.29) is 5.69 Å². The van der Waals surface area contributed by atoms with Crippen molar-refractivity contribution >= 4 is 17.7 Å². The molecule has 118 valence electrons. The summed E-state index contributed by atoms with van der Waals surface area (Å²) < 4.78 is 31.2. The number of rotatable bonds is 6. The molecule has 0 saturated heterocycles. The molecule has 0 fully saturated rings. The summed E-state index contributed by atoms with van der Waals surface area (Å²) in [4.78, 5) is 11.7. The van der Waals surface area contributed by atoms with Gasteiger partial charge >= 0.3 is 0 Å². The van der Waals surface area contributed by atoms with Gasteiger partial charge in [0.15, 0.2) is 11.6 Å². The van der Waals surface area contributed by atoms with Gasteiger partial charge in [0, 0.05) is 17.8 Å². The van der Waals surface area contributed by atoms with Crippen molar-refractivity contribution in [1.82, 2.24) is 0 Å². The summed E-state index contributed by atoms with van der Waals surface area (Å²) in [7, 11) is 0. The van der Waals surface area contributed by atoms with Crippen LogP contribution in [0, 0.1) is 11.6 Å². The predicted octanol–water partition coefficient (Wildman–Crippen LogP) is 4.18. The first-order valence-corrected chi connectivity index (χ1v) is 6.86. The van der Waals surface area contributed by atoms with Gasteiger partial charge in [-0.2, -0.15) is 0 Å². The van der Waals surface area contributed by atoms with Gasteiger partial charge in [-0.25, -0.2) is 8.78 Å². The highest BCUT2D eigenvalue weighted by atomic mass is 19.2. The zero-order valence-corrected chi connectivity index (χ0v) is 12.3. The minimum Gasteiger partial charge on any atom is -0.490 e. The van der Waals surface area contributed by atoms with Crippen LogP contribution in [0.2, 0.25) is 0 Å². The Morgan fingerprint density at radius 2 is 1.87 bits per heavy atom. The van der Waals surface area contributed by atoms with Gasteiger partial charge in [0.2, 0.25) is 5.91 Å². The maximum absolute atomic E-state index is 13.0. The molecule has 1 amide bonds. The molecule has 0 unspecified atom stereocenters. The number of hydrogen-bond acceptors (Lipinski definition) is 2. The summed E-state index contributed by atoms with van der Waals surface area (Å²) >= 11 is 0. The lowest BCUT2D eigenvalue weighted by Gasteiger charge is -2.03. The van der Waals surface area contributed by atoms with Crippen LogP contribution in [0.4, 0.5) is 14.5 Å². The van der Waals surface area contributed by atoms with Crippen molar-refractivity contribution < 1.29 is 18.3 Å². The Morgan fingerprint density at radius 1 is 1.13 bits per heavy atom. The highest BCUT2D eigenvalue weighted by molar-refractivity contribution is 6.01. The van der Waals surface area contributed by atoms with Crippen molar-refractivity contribution in [3.8, 4) is 5.75 Å². The van der Waals surface area contributed by atoms with Gasteiger partial charge in [-0.1, -0.05) is 24.8 Å². The molecule has 1 N–H and O–H groups in total. The van der Waals surface area contributed by atoms with Crippen LogP contribution in [-0.2, 0) is 4.79 Å². The van der Waals surface area contributed by atoms with Gasteiger partial charge in [0.25, 0.3) is 0 Å². The molecule has 0 aromatic heterocycles. The molecule has 0 aliphatic rings. The van der Waals surface area contributed by atoms with E-state index in [0.29, 0.717) is 12.4 Å². The molecular formula is C18H15F2NO2. The summed E-state index contributed by atoms with van der Waals surface area (Å²) in [5, 5.41) is 2.45. The number of halogens is 2. The monoisotopic (exact) mass is 315 g/mol. The standard InChI is InChI=1S/C18H15F2NO2/c1-2-11-23-15-7-3-13(4-8-15)5-10-18(22)21-14-6-9-16(19)17(20)12-14/h2-10,12H,1,11H2,(H,21,22)/b10-5+. The molecule has 0 radical (unpaired) electrons. The second-order valence-electron chi connectivity index (χ2n) is 4.62. The van der Waals surface area contributed by atoms with E-state index >= 15 is 0 Å². The average molecular weight is 315 g/mol. The molecule has 23 heavy (non-hydrogen) atoms. The molecule has 3 nitrogen and oxygen atoms in total. The molecule has 0 aliphatic carbocycles. The van der Waals surface area contributed by atoms with E-state index in [9.17, 15) is 13.6 Å². The largest absolute Gasteiger partial charge is 0.490 e. The van der Waals surface area contributed by atoms with Crippen molar-refractivity contribution in [3.63, 3.8) is 0 Å². The first kappa shape index (κ1) is 16.4. The molecule has 0 heterocycles. The quantitative estimate of drug-likeness (QED) is 0.641. The van der Waals surface area contributed by atoms with Crippen LogP contribution in [0.3, 0.4) is 0 Å².